The molecule has 0 heterocycles. The van der Waals surface area contributed by atoms with E-state index in [1.54, 1.807) is 21.5 Å². The van der Waals surface area contributed by atoms with Crippen LogP contribution in [0.15, 0.2) is 97.1 Å². The van der Waals surface area contributed by atoms with Gasteiger partial charge < -0.3 is 24.8 Å². The summed E-state index contributed by atoms with van der Waals surface area (Å²) in [6.07, 6.45) is 7.14. The van der Waals surface area contributed by atoms with Gasteiger partial charge in [0.15, 0.2) is 0 Å². The Hall–Kier alpha value is -2.22. The molecule has 0 nitrogen and oxygen atoms in total. The fourth-order valence-corrected chi connectivity index (χ4v) is 12.3. The van der Waals surface area contributed by atoms with Crippen molar-refractivity contribution in [2.45, 2.75) is 118 Å². The van der Waals surface area contributed by atoms with Crippen LogP contribution in [-0.4, -0.2) is 8.07 Å². The molecule has 52 heavy (non-hydrogen) atoms. The molecule has 6 rings (SSSR count). The number of fused-ring (bicyclic) bond motifs is 2. The number of rotatable bonds is 10. The number of hydrogen-bond donors (Lipinski definition) is 0. The van der Waals surface area contributed by atoms with Crippen molar-refractivity contribution in [3.05, 3.63) is 119 Å². The quantitative estimate of drug-likeness (QED) is 0.105. The van der Waals surface area contributed by atoms with Crippen LogP contribution in [0.4, 0.5) is 0 Å². The van der Waals surface area contributed by atoms with E-state index in [-0.39, 0.29) is 61.8 Å². The molecule has 0 N–H and O–H groups in total. The average Bonchev–Trinajstić information content (AvgIpc) is 3.65. The van der Waals surface area contributed by atoms with Crippen molar-refractivity contribution in [3.8, 4) is 22.3 Å². The van der Waals surface area contributed by atoms with E-state index in [1.807, 2.05) is 0 Å². The molecule has 6 aromatic carbocycles. The van der Waals surface area contributed by atoms with Crippen molar-refractivity contribution >= 4 is 40.0 Å². The SMILES string of the molecule is CCCCc1[cH-]c2cccc(-c3ccc(C(C)(C)C)cc3)c2c1[Si](C)(C)c1c(CCCC)[cH-]c2cccc(-c3ccc(C(C)(C)C)cc3)c12.[Cl-].[Cl-].[Zr+4]. The van der Waals surface area contributed by atoms with Crippen molar-refractivity contribution in [3.63, 3.8) is 0 Å². The number of benzene rings is 4. The first-order chi connectivity index (χ1) is 23.3. The zero-order valence-corrected chi connectivity index (χ0v) is 38.2. The molecule has 0 radical (unpaired) electrons. The number of aryl methyl sites for hydroxylation is 2. The molecule has 0 amide bonds. The van der Waals surface area contributed by atoms with E-state index in [0.717, 1.165) is 12.8 Å². The van der Waals surface area contributed by atoms with E-state index in [2.05, 4.69) is 166 Å². The molecule has 0 saturated heterocycles. The van der Waals surface area contributed by atoms with Crippen molar-refractivity contribution < 1.29 is 51.0 Å². The molecule has 0 aliphatic heterocycles. The molecule has 0 aromatic heterocycles. The third kappa shape index (κ3) is 8.68. The Morgan fingerprint density at radius 2 is 0.865 bits per heavy atom. The summed E-state index contributed by atoms with van der Waals surface area (Å²) >= 11 is 0. The van der Waals surface area contributed by atoms with Crippen LogP contribution < -0.4 is 35.2 Å². The molecule has 0 spiro atoms. The summed E-state index contributed by atoms with van der Waals surface area (Å²) in [5.74, 6) is 0. The van der Waals surface area contributed by atoms with Gasteiger partial charge in [0.1, 0.15) is 0 Å². The second-order valence-corrected chi connectivity index (χ2v) is 21.4. The molecule has 272 valence electrons. The first-order valence-electron chi connectivity index (χ1n) is 18.9. The zero-order chi connectivity index (χ0) is 35.1. The molecule has 0 aliphatic rings. The summed E-state index contributed by atoms with van der Waals surface area (Å²) in [4.78, 5) is 0. The topological polar surface area (TPSA) is 0 Å². The monoisotopic (exact) mass is 822 g/mol. The third-order valence-corrected chi connectivity index (χ3v) is 14.6. The number of unbranched alkanes of at least 4 members (excludes halogenated alkanes) is 2. The molecular formula is C48H58Cl2SiZr. The Labute approximate surface area is 347 Å². The van der Waals surface area contributed by atoms with Gasteiger partial charge in [0.25, 0.3) is 0 Å². The summed E-state index contributed by atoms with van der Waals surface area (Å²) in [7, 11) is -2.28. The molecule has 0 aliphatic carbocycles. The van der Waals surface area contributed by atoms with Crippen LogP contribution in [0, 0.1) is 0 Å². The van der Waals surface area contributed by atoms with E-state index in [9.17, 15) is 0 Å². The summed E-state index contributed by atoms with van der Waals surface area (Å²) in [5.41, 5.74) is 11.6. The van der Waals surface area contributed by atoms with Crippen molar-refractivity contribution in [2.75, 3.05) is 0 Å². The van der Waals surface area contributed by atoms with E-state index in [0.29, 0.717) is 0 Å². The van der Waals surface area contributed by atoms with E-state index < -0.39 is 8.07 Å². The molecule has 6 aromatic rings. The van der Waals surface area contributed by atoms with Gasteiger partial charge in [0, 0.05) is 8.07 Å². The van der Waals surface area contributed by atoms with Gasteiger partial charge in [0.2, 0.25) is 0 Å². The summed E-state index contributed by atoms with van der Waals surface area (Å²) in [6, 6.07) is 38.1. The van der Waals surface area contributed by atoms with Crippen LogP contribution in [0.5, 0.6) is 0 Å². The van der Waals surface area contributed by atoms with Crippen molar-refractivity contribution in [1.82, 2.24) is 0 Å². The molecular weight excluding hydrogens is 767 g/mol. The zero-order valence-electron chi connectivity index (χ0n) is 33.2. The largest absolute Gasteiger partial charge is 4.00 e. The smallest absolute Gasteiger partial charge is 1.00 e. The second kappa shape index (κ2) is 17.5. The number of halogens is 2. The normalized spacial score (nSPS) is 12.0. The van der Waals surface area contributed by atoms with E-state index in [4.69, 9.17) is 0 Å². The molecule has 0 unspecified atom stereocenters. The maximum atomic E-state index is 2.67. The minimum absolute atomic E-state index is 0. The number of hydrogen-bond acceptors (Lipinski definition) is 0. The van der Waals surface area contributed by atoms with Gasteiger partial charge in [-0.05, 0) is 45.9 Å². The van der Waals surface area contributed by atoms with Gasteiger partial charge in [-0.25, -0.2) is 0 Å². The Morgan fingerprint density at radius 3 is 1.17 bits per heavy atom. The predicted octanol–water partition coefficient (Wildman–Crippen LogP) is 6.87. The Balaban J connectivity index is 0.00000243. The van der Waals surface area contributed by atoms with E-state index >= 15 is 0 Å². The van der Waals surface area contributed by atoms with Gasteiger partial charge in [-0.1, -0.05) is 166 Å². The minimum Gasteiger partial charge on any atom is -1.00 e. The Morgan fingerprint density at radius 1 is 0.519 bits per heavy atom. The van der Waals surface area contributed by atoms with Crippen LogP contribution in [-0.2, 0) is 49.9 Å². The first kappa shape index (κ1) is 44.2. The summed E-state index contributed by atoms with van der Waals surface area (Å²) < 4.78 is 0. The van der Waals surface area contributed by atoms with Gasteiger partial charge >= 0.3 is 26.2 Å². The maximum absolute atomic E-state index is 2.67. The van der Waals surface area contributed by atoms with Crippen molar-refractivity contribution in [1.29, 1.82) is 0 Å². The molecule has 4 heteroatoms. The van der Waals surface area contributed by atoms with E-state index in [1.165, 1.54) is 80.6 Å². The fraction of sp³-hybridized carbons (Fsp3) is 0.375. The van der Waals surface area contributed by atoms with Gasteiger partial charge in [-0.3, -0.25) is 0 Å². The Kier molecular flexibility index (Phi) is 14.9. The van der Waals surface area contributed by atoms with Crippen molar-refractivity contribution in [2.24, 2.45) is 0 Å². The van der Waals surface area contributed by atoms with Crippen LogP contribution in [0.2, 0.25) is 13.1 Å². The molecule has 0 fully saturated rings. The standard InChI is InChI=1S/C48H58Si.2ClH.Zr/c1-11-13-17-37-31-35-19-15-21-41(33-23-27-39(28-24-33)47(3,4)5)43(35)45(37)49(9,10)46-38(18-14-12-2)32-36-20-16-22-42(44(36)46)34-25-29-40(30-26-34)48(6,7)8;;;/h15-16,19-32H,11-14,17-18H2,1-10H3;2*1H;/q-2;;;+4/p-2. The van der Waals surface area contributed by atoms with Gasteiger partial charge in [0.05, 0.1) is 0 Å². The summed E-state index contributed by atoms with van der Waals surface area (Å²) in [6.45, 7) is 23.8. The predicted molar refractivity (Wildman–Crippen MR) is 221 cm³/mol. The Bertz CT molecular complexity index is 1910. The average molecular weight is 825 g/mol. The first-order valence-corrected chi connectivity index (χ1v) is 21.9. The minimum atomic E-state index is -2.28. The van der Waals surface area contributed by atoms with Crippen LogP contribution in [0.25, 0.3) is 43.8 Å². The van der Waals surface area contributed by atoms with Gasteiger partial charge in [-0.15, -0.1) is 69.1 Å². The van der Waals surface area contributed by atoms with Crippen LogP contribution >= 0.6 is 0 Å². The van der Waals surface area contributed by atoms with Crippen LogP contribution in [0.1, 0.15) is 103 Å². The van der Waals surface area contributed by atoms with Crippen LogP contribution in [0.3, 0.4) is 0 Å². The van der Waals surface area contributed by atoms with Gasteiger partial charge in [-0.2, -0.15) is 10.4 Å². The molecule has 0 atom stereocenters. The summed E-state index contributed by atoms with van der Waals surface area (Å²) in [5, 5.41) is 9.13. The molecule has 0 bridgehead atoms. The fourth-order valence-electron chi connectivity index (χ4n) is 8.24. The maximum Gasteiger partial charge on any atom is 4.00 e. The third-order valence-electron chi connectivity index (χ3n) is 11.0. The molecule has 0 saturated carbocycles. The second-order valence-electron chi connectivity index (χ2n) is 17.1.